The molecule has 0 aromatic rings. The number of amides is 1. The minimum atomic E-state index is -0.360. The lowest BCUT2D eigenvalue weighted by atomic mass is 10.0. The maximum absolute atomic E-state index is 10.8. The number of carbonyl (C=O) groups excluding carboxylic acids is 1. The Labute approximate surface area is 163 Å². The molecule has 2 nitrogen and oxygen atoms in total. The van der Waals surface area contributed by atoms with E-state index in [1.807, 2.05) is 18.2 Å². The summed E-state index contributed by atoms with van der Waals surface area (Å²) in [4.78, 5) is 10.8. The fourth-order valence-corrected chi connectivity index (χ4v) is 2.98. The van der Waals surface area contributed by atoms with E-state index in [1.54, 1.807) is 13.0 Å². The van der Waals surface area contributed by atoms with Gasteiger partial charge in [-0.2, -0.15) is 0 Å². The van der Waals surface area contributed by atoms with Crippen LogP contribution in [0.15, 0.2) is 36.0 Å². The number of allylic oxidation sites excluding steroid dienone is 5. The van der Waals surface area contributed by atoms with Gasteiger partial charge in [-0.15, -0.1) is 0 Å². The Morgan fingerprint density at radius 3 is 1.62 bits per heavy atom. The number of rotatable bonds is 18. The summed E-state index contributed by atoms with van der Waals surface area (Å²) in [6, 6.07) is 0. The molecule has 2 heteroatoms. The van der Waals surface area contributed by atoms with Crippen LogP contribution in [0.4, 0.5) is 0 Å². The summed E-state index contributed by atoms with van der Waals surface area (Å²) in [5.41, 5.74) is 5.74. The van der Waals surface area contributed by atoms with Gasteiger partial charge in [-0.25, -0.2) is 0 Å². The quantitative estimate of drug-likeness (QED) is 0.154. The molecular weight excluding hydrogens is 318 g/mol. The zero-order chi connectivity index (χ0) is 19.3. The Morgan fingerprint density at radius 2 is 1.15 bits per heavy atom. The summed E-state index contributed by atoms with van der Waals surface area (Å²) in [7, 11) is 0. The largest absolute Gasteiger partial charge is 0.366 e. The molecule has 0 heterocycles. The van der Waals surface area contributed by atoms with Gasteiger partial charge >= 0.3 is 0 Å². The minimum Gasteiger partial charge on any atom is -0.366 e. The molecule has 0 saturated carbocycles. The fourth-order valence-electron chi connectivity index (χ4n) is 2.98. The summed E-state index contributed by atoms with van der Waals surface area (Å²) in [6.07, 6.45) is 30.6. The smallest absolute Gasteiger partial charge is 0.244 e. The SMILES string of the molecule is CCCCCCCCCCCCCCCCC=CC=CC=C(C)C(N)=O. The highest BCUT2D eigenvalue weighted by atomic mass is 16.1. The second-order valence-electron chi connectivity index (χ2n) is 7.41. The van der Waals surface area contributed by atoms with E-state index in [0.29, 0.717) is 5.57 Å². The second-order valence-corrected chi connectivity index (χ2v) is 7.41. The molecule has 0 spiro atoms. The number of carbonyl (C=O) groups is 1. The van der Waals surface area contributed by atoms with Crippen molar-refractivity contribution >= 4 is 5.91 Å². The molecule has 0 aromatic carbocycles. The van der Waals surface area contributed by atoms with Crippen LogP contribution in [-0.4, -0.2) is 5.91 Å². The van der Waals surface area contributed by atoms with Crippen LogP contribution in [0.1, 0.15) is 110 Å². The van der Waals surface area contributed by atoms with Crippen molar-refractivity contribution in [3.05, 3.63) is 36.0 Å². The molecule has 0 aliphatic rings. The van der Waals surface area contributed by atoms with Crippen LogP contribution in [0.3, 0.4) is 0 Å². The predicted molar refractivity (Wildman–Crippen MR) is 116 cm³/mol. The average molecular weight is 362 g/mol. The molecule has 0 unspecified atom stereocenters. The van der Waals surface area contributed by atoms with Crippen molar-refractivity contribution in [3.63, 3.8) is 0 Å². The Bertz CT molecular complexity index is 406. The molecule has 150 valence electrons. The molecule has 0 aliphatic carbocycles. The van der Waals surface area contributed by atoms with E-state index in [9.17, 15) is 4.79 Å². The standard InChI is InChI=1S/C24H43NO/c1-3-4-5-6-7-8-9-10-11-12-13-14-15-16-17-18-19-20-21-22-23(2)24(25)26/h18-22H,3-17H2,1-2H3,(H2,25,26). The molecule has 0 saturated heterocycles. The van der Waals surface area contributed by atoms with E-state index < -0.39 is 0 Å². The number of primary amides is 1. The third kappa shape index (κ3) is 19.0. The van der Waals surface area contributed by atoms with Gasteiger partial charge in [0.15, 0.2) is 0 Å². The maximum atomic E-state index is 10.8. The molecule has 1 amide bonds. The lowest BCUT2D eigenvalue weighted by Crippen LogP contribution is -2.11. The highest BCUT2D eigenvalue weighted by Gasteiger charge is 1.94. The van der Waals surface area contributed by atoms with Gasteiger partial charge in [-0.05, 0) is 19.8 Å². The summed E-state index contributed by atoms with van der Waals surface area (Å²) in [5, 5.41) is 0. The van der Waals surface area contributed by atoms with Crippen molar-refractivity contribution < 1.29 is 4.79 Å². The molecule has 0 fully saturated rings. The maximum Gasteiger partial charge on any atom is 0.244 e. The molecule has 0 atom stereocenters. The molecule has 0 bridgehead atoms. The van der Waals surface area contributed by atoms with Crippen molar-refractivity contribution in [2.24, 2.45) is 5.73 Å². The fraction of sp³-hybridized carbons (Fsp3) is 0.708. The van der Waals surface area contributed by atoms with Crippen LogP contribution in [-0.2, 0) is 4.79 Å². The van der Waals surface area contributed by atoms with E-state index in [4.69, 9.17) is 5.73 Å². The van der Waals surface area contributed by atoms with Crippen molar-refractivity contribution in [1.29, 1.82) is 0 Å². The molecule has 0 radical (unpaired) electrons. The van der Waals surface area contributed by atoms with Gasteiger partial charge in [-0.3, -0.25) is 4.79 Å². The summed E-state index contributed by atoms with van der Waals surface area (Å²) in [5.74, 6) is -0.360. The van der Waals surface area contributed by atoms with Crippen molar-refractivity contribution in [2.75, 3.05) is 0 Å². The number of nitrogens with two attached hydrogens (primary N) is 1. The Balaban J connectivity index is 3.26. The Hall–Kier alpha value is -1.31. The first-order chi connectivity index (χ1) is 12.7. The molecule has 26 heavy (non-hydrogen) atoms. The molecule has 2 N–H and O–H groups in total. The predicted octanol–water partition coefficient (Wildman–Crippen LogP) is 7.40. The van der Waals surface area contributed by atoms with Gasteiger partial charge in [0.25, 0.3) is 0 Å². The van der Waals surface area contributed by atoms with Crippen LogP contribution in [0, 0.1) is 0 Å². The van der Waals surface area contributed by atoms with Crippen LogP contribution in [0.2, 0.25) is 0 Å². The molecule has 0 aliphatic heterocycles. The van der Waals surface area contributed by atoms with Crippen molar-refractivity contribution in [2.45, 2.75) is 110 Å². The van der Waals surface area contributed by atoms with E-state index in [1.165, 1.54) is 89.9 Å². The third-order valence-electron chi connectivity index (χ3n) is 4.82. The normalized spacial score (nSPS) is 12.5. The number of unbranched alkanes of at least 4 members (excludes halogenated alkanes) is 14. The second kappa shape index (κ2) is 20.0. The van der Waals surface area contributed by atoms with Crippen molar-refractivity contribution in [3.8, 4) is 0 Å². The molecule has 0 aromatic heterocycles. The van der Waals surface area contributed by atoms with Gasteiger partial charge in [-0.1, -0.05) is 121 Å². The lowest BCUT2D eigenvalue weighted by Gasteiger charge is -2.02. The summed E-state index contributed by atoms with van der Waals surface area (Å²) >= 11 is 0. The van der Waals surface area contributed by atoms with E-state index in [-0.39, 0.29) is 5.91 Å². The number of hydrogen-bond acceptors (Lipinski definition) is 1. The number of hydrogen-bond donors (Lipinski definition) is 1. The molecule has 0 rings (SSSR count). The van der Waals surface area contributed by atoms with Crippen molar-refractivity contribution in [1.82, 2.24) is 0 Å². The lowest BCUT2D eigenvalue weighted by molar-refractivity contribution is -0.114. The van der Waals surface area contributed by atoms with Crippen LogP contribution < -0.4 is 5.73 Å². The zero-order valence-electron chi connectivity index (χ0n) is 17.5. The summed E-state index contributed by atoms with van der Waals surface area (Å²) < 4.78 is 0. The Kier molecular flexibility index (Phi) is 19.0. The van der Waals surface area contributed by atoms with Gasteiger partial charge in [0.1, 0.15) is 0 Å². The summed E-state index contributed by atoms with van der Waals surface area (Å²) in [6.45, 7) is 4.01. The first kappa shape index (κ1) is 24.7. The first-order valence-electron chi connectivity index (χ1n) is 11.0. The average Bonchev–Trinajstić information content (AvgIpc) is 2.63. The highest BCUT2D eigenvalue weighted by Crippen LogP contribution is 2.13. The Morgan fingerprint density at radius 1 is 0.692 bits per heavy atom. The van der Waals surface area contributed by atoms with E-state index in [0.717, 1.165) is 6.42 Å². The minimum absolute atomic E-state index is 0.360. The third-order valence-corrected chi connectivity index (χ3v) is 4.82. The van der Waals surface area contributed by atoms with E-state index in [2.05, 4.69) is 13.0 Å². The topological polar surface area (TPSA) is 43.1 Å². The highest BCUT2D eigenvalue weighted by molar-refractivity contribution is 5.91. The van der Waals surface area contributed by atoms with E-state index >= 15 is 0 Å². The van der Waals surface area contributed by atoms with Crippen LogP contribution in [0.25, 0.3) is 0 Å². The van der Waals surface area contributed by atoms with Crippen LogP contribution >= 0.6 is 0 Å². The monoisotopic (exact) mass is 361 g/mol. The van der Waals surface area contributed by atoms with Gasteiger partial charge in [0.05, 0.1) is 0 Å². The van der Waals surface area contributed by atoms with Crippen LogP contribution in [0.5, 0.6) is 0 Å². The van der Waals surface area contributed by atoms with Gasteiger partial charge < -0.3 is 5.73 Å². The zero-order valence-corrected chi connectivity index (χ0v) is 17.5. The van der Waals surface area contributed by atoms with Gasteiger partial charge in [0, 0.05) is 5.57 Å². The molecular formula is C24H43NO. The first-order valence-corrected chi connectivity index (χ1v) is 11.0. The van der Waals surface area contributed by atoms with Gasteiger partial charge in [0.2, 0.25) is 5.91 Å².